The van der Waals surface area contributed by atoms with Gasteiger partial charge in [0.1, 0.15) is 0 Å². The number of amides is 2. The van der Waals surface area contributed by atoms with E-state index in [4.69, 9.17) is 11.6 Å². The van der Waals surface area contributed by atoms with Gasteiger partial charge in [-0.2, -0.15) is 0 Å². The molecule has 1 atom stereocenters. The van der Waals surface area contributed by atoms with Crippen LogP contribution in [0.2, 0.25) is 5.02 Å². The molecule has 1 aromatic carbocycles. The first-order chi connectivity index (χ1) is 8.92. The van der Waals surface area contributed by atoms with Crippen molar-refractivity contribution in [3.63, 3.8) is 0 Å². The Kier molecular flexibility index (Phi) is 6.62. The highest BCUT2D eigenvalue weighted by molar-refractivity contribution is 9.10. The lowest BCUT2D eigenvalue weighted by atomic mass is 10.0. The highest BCUT2D eigenvalue weighted by Crippen LogP contribution is 2.25. The van der Waals surface area contributed by atoms with E-state index in [-0.39, 0.29) is 18.7 Å². The molecule has 4 nitrogen and oxygen atoms in total. The minimum Gasteiger partial charge on any atom is -0.394 e. The summed E-state index contributed by atoms with van der Waals surface area (Å²) in [4.78, 5) is 11.8. The SMILES string of the molecule is CC(C)CC(CO)NC(=O)Nc1ccc(Br)cc1Cl. The molecule has 0 aliphatic heterocycles. The third kappa shape index (κ3) is 5.80. The number of rotatable bonds is 5. The first-order valence-electron chi connectivity index (χ1n) is 6.05. The Morgan fingerprint density at radius 3 is 2.68 bits per heavy atom. The average Bonchev–Trinajstić information content (AvgIpc) is 2.31. The van der Waals surface area contributed by atoms with Crippen LogP contribution in [-0.2, 0) is 0 Å². The predicted molar refractivity (Wildman–Crippen MR) is 81.6 cm³/mol. The highest BCUT2D eigenvalue weighted by Gasteiger charge is 2.13. The third-order valence-corrected chi connectivity index (χ3v) is 3.30. The molecular formula is C13H18BrClN2O2. The van der Waals surface area contributed by atoms with Crippen LogP contribution in [0, 0.1) is 5.92 Å². The number of hydrogen-bond acceptors (Lipinski definition) is 2. The number of nitrogens with one attached hydrogen (secondary N) is 2. The van der Waals surface area contributed by atoms with Gasteiger partial charge in [-0.3, -0.25) is 0 Å². The van der Waals surface area contributed by atoms with Crippen LogP contribution in [-0.4, -0.2) is 23.8 Å². The van der Waals surface area contributed by atoms with Crippen LogP contribution in [0.4, 0.5) is 10.5 Å². The van der Waals surface area contributed by atoms with Crippen LogP contribution in [0.25, 0.3) is 0 Å². The van der Waals surface area contributed by atoms with E-state index in [2.05, 4.69) is 26.6 Å². The van der Waals surface area contributed by atoms with Crippen molar-refractivity contribution in [2.45, 2.75) is 26.3 Å². The molecule has 6 heteroatoms. The fourth-order valence-corrected chi connectivity index (χ4v) is 2.40. The van der Waals surface area contributed by atoms with E-state index in [0.29, 0.717) is 16.6 Å². The quantitative estimate of drug-likeness (QED) is 0.760. The Balaban J connectivity index is 2.59. The molecule has 0 spiro atoms. The molecule has 0 heterocycles. The second kappa shape index (κ2) is 7.72. The van der Waals surface area contributed by atoms with Gasteiger partial charge in [0, 0.05) is 4.47 Å². The molecule has 2 amide bonds. The standard InChI is InChI=1S/C13H18BrClN2O2/c1-8(2)5-10(7-18)16-13(19)17-12-4-3-9(14)6-11(12)15/h3-4,6,8,10,18H,5,7H2,1-2H3,(H2,16,17,19). The number of aliphatic hydroxyl groups is 1. The number of benzene rings is 1. The largest absolute Gasteiger partial charge is 0.394 e. The lowest BCUT2D eigenvalue weighted by molar-refractivity contribution is 0.214. The van der Waals surface area contributed by atoms with Crippen molar-refractivity contribution in [3.05, 3.63) is 27.7 Å². The number of urea groups is 1. The van der Waals surface area contributed by atoms with Crippen molar-refractivity contribution in [1.29, 1.82) is 0 Å². The molecule has 3 N–H and O–H groups in total. The van der Waals surface area contributed by atoms with Gasteiger partial charge < -0.3 is 15.7 Å². The van der Waals surface area contributed by atoms with Crippen molar-refractivity contribution in [2.75, 3.05) is 11.9 Å². The molecule has 1 aromatic rings. The number of carbonyl (C=O) groups is 1. The minimum atomic E-state index is -0.371. The molecule has 0 saturated carbocycles. The van der Waals surface area contributed by atoms with E-state index >= 15 is 0 Å². The molecule has 106 valence electrons. The smallest absolute Gasteiger partial charge is 0.319 e. The van der Waals surface area contributed by atoms with Gasteiger partial charge in [0.05, 0.1) is 23.4 Å². The van der Waals surface area contributed by atoms with E-state index in [1.54, 1.807) is 18.2 Å². The first kappa shape index (κ1) is 16.3. The van der Waals surface area contributed by atoms with Gasteiger partial charge in [0.15, 0.2) is 0 Å². The number of anilines is 1. The average molecular weight is 350 g/mol. The fraction of sp³-hybridized carbons (Fsp3) is 0.462. The van der Waals surface area contributed by atoms with Gasteiger partial charge in [-0.05, 0) is 30.5 Å². The normalized spacial score (nSPS) is 12.3. The Hall–Kier alpha value is -0.780. The topological polar surface area (TPSA) is 61.4 Å². The van der Waals surface area contributed by atoms with Gasteiger partial charge in [-0.1, -0.05) is 41.4 Å². The summed E-state index contributed by atoms with van der Waals surface area (Å²) >= 11 is 9.30. The molecule has 0 fully saturated rings. The summed E-state index contributed by atoms with van der Waals surface area (Å²) < 4.78 is 0.844. The number of carbonyl (C=O) groups excluding carboxylic acids is 1. The summed E-state index contributed by atoms with van der Waals surface area (Å²) in [6, 6.07) is 4.58. The molecule has 0 aliphatic rings. The van der Waals surface area contributed by atoms with Gasteiger partial charge in [0.25, 0.3) is 0 Å². The third-order valence-electron chi connectivity index (χ3n) is 2.49. The fourth-order valence-electron chi connectivity index (χ4n) is 1.68. The van der Waals surface area contributed by atoms with Gasteiger partial charge in [-0.25, -0.2) is 4.79 Å². The van der Waals surface area contributed by atoms with Crippen LogP contribution < -0.4 is 10.6 Å². The van der Waals surface area contributed by atoms with Crippen molar-refractivity contribution < 1.29 is 9.90 Å². The Morgan fingerprint density at radius 2 is 2.16 bits per heavy atom. The highest BCUT2D eigenvalue weighted by atomic mass is 79.9. The maximum atomic E-state index is 11.8. The van der Waals surface area contributed by atoms with E-state index in [1.165, 1.54) is 0 Å². The first-order valence-corrected chi connectivity index (χ1v) is 7.23. The molecular weight excluding hydrogens is 332 g/mol. The molecule has 1 rings (SSSR count). The molecule has 1 unspecified atom stereocenters. The van der Waals surface area contributed by atoms with E-state index in [0.717, 1.165) is 10.9 Å². The number of halogens is 2. The summed E-state index contributed by atoms with van der Waals surface area (Å²) in [6.45, 7) is 3.99. The van der Waals surface area contributed by atoms with E-state index in [9.17, 15) is 9.90 Å². The lowest BCUT2D eigenvalue weighted by Crippen LogP contribution is -2.41. The van der Waals surface area contributed by atoms with Gasteiger partial charge in [-0.15, -0.1) is 0 Å². The number of hydrogen-bond donors (Lipinski definition) is 3. The molecule has 0 radical (unpaired) electrons. The second-order valence-corrected chi connectivity index (χ2v) is 6.05. The maximum Gasteiger partial charge on any atom is 0.319 e. The Labute approximate surface area is 126 Å². The Morgan fingerprint density at radius 1 is 1.47 bits per heavy atom. The lowest BCUT2D eigenvalue weighted by Gasteiger charge is -2.18. The summed E-state index contributed by atoms with van der Waals surface area (Å²) in [5.41, 5.74) is 0.531. The van der Waals surface area contributed by atoms with Crippen LogP contribution in [0.5, 0.6) is 0 Å². The van der Waals surface area contributed by atoms with Gasteiger partial charge >= 0.3 is 6.03 Å². The van der Waals surface area contributed by atoms with Crippen LogP contribution in [0.3, 0.4) is 0 Å². The number of aliphatic hydroxyl groups excluding tert-OH is 1. The van der Waals surface area contributed by atoms with E-state index in [1.807, 2.05) is 13.8 Å². The second-order valence-electron chi connectivity index (χ2n) is 4.73. The van der Waals surface area contributed by atoms with Crippen molar-refractivity contribution >= 4 is 39.2 Å². The summed E-state index contributed by atoms with van der Waals surface area (Å²) in [5.74, 6) is 0.397. The van der Waals surface area contributed by atoms with Crippen LogP contribution in [0.15, 0.2) is 22.7 Å². The van der Waals surface area contributed by atoms with Crippen LogP contribution >= 0.6 is 27.5 Å². The van der Waals surface area contributed by atoms with Crippen molar-refractivity contribution in [3.8, 4) is 0 Å². The van der Waals surface area contributed by atoms with Crippen molar-refractivity contribution in [2.24, 2.45) is 5.92 Å². The Bertz CT molecular complexity index is 441. The summed E-state index contributed by atoms with van der Waals surface area (Å²) in [5, 5.41) is 15.0. The summed E-state index contributed by atoms with van der Waals surface area (Å²) in [6.07, 6.45) is 0.720. The molecule has 0 aromatic heterocycles. The van der Waals surface area contributed by atoms with Crippen LogP contribution in [0.1, 0.15) is 20.3 Å². The zero-order valence-corrected chi connectivity index (χ0v) is 13.3. The molecule has 0 bridgehead atoms. The molecule has 0 saturated heterocycles. The predicted octanol–water partition coefficient (Wildman–Crippen LogP) is 3.63. The van der Waals surface area contributed by atoms with Crippen molar-refractivity contribution in [1.82, 2.24) is 5.32 Å². The molecule has 19 heavy (non-hydrogen) atoms. The molecule has 0 aliphatic carbocycles. The monoisotopic (exact) mass is 348 g/mol. The zero-order chi connectivity index (χ0) is 14.4. The summed E-state index contributed by atoms with van der Waals surface area (Å²) in [7, 11) is 0. The van der Waals surface area contributed by atoms with Gasteiger partial charge in [0.2, 0.25) is 0 Å². The zero-order valence-electron chi connectivity index (χ0n) is 10.9. The maximum absolute atomic E-state index is 11.8. The van der Waals surface area contributed by atoms with E-state index < -0.39 is 0 Å². The minimum absolute atomic E-state index is 0.0837.